The van der Waals surface area contributed by atoms with Crippen LogP contribution in [-0.4, -0.2) is 10.9 Å². The van der Waals surface area contributed by atoms with Crippen molar-refractivity contribution in [2.75, 3.05) is 10.6 Å². The van der Waals surface area contributed by atoms with Gasteiger partial charge in [-0.2, -0.15) is 5.26 Å². The first kappa shape index (κ1) is 16.2. The van der Waals surface area contributed by atoms with Crippen LogP contribution < -0.4 is 10.6 Å². The summed E-state index contributed by atoms with van der Waals surface area (Å²) in [6, 6.07) is 20.3. The summed E-state index contributed by atoms with van der Waals surface area (Å²) in [5, 5.41) is 15.1. The number of rotatable bonds is 4. The van der Waals surface area contributed by atoms with Crippen LogP contribution in [0.15, 0.2) is 66.9 Å². The Morgan fingerprint density at radius 1 is 1.00 bits per heavy atom. The molecule has 122 valence electrons. The van der Waals surface area contributed by atoms with E-state index in [1.165, 1.54) is 0 Å². The Kier molecular flexibility index (Phi) is 4.72. The molecule has 0 atom stereocenters. The van der Waals surface area contributed by atoms with Gasteiger partial charge in [0.15, 0.2) is 0 Å². The molecule has 25 heavy (non-hydrogen) atoms. The standard InChI is InChI=1S/C20H16N4O/c1-14-6-2-4-8-17(14)24-20(25)19-11-10-16(13-22-19)23-18-9-5-3-7-15(18)12-21/h2-11,13,23H,1H3,(H,24,25). The van der Waals surface area contributed by atoms with Crippen LogP contribution in [0.4, 0.5) is 17.1 Å². The molecule has 0 unspecified atom stereocenters. The maximum absolute atomic E-state index is 12.3. The predicted molar refractivity (Wildman–Crippen MR) is 97.8 cm³/mol. The first-order valence-electron chi connectivity index (χ1n) is 7.76. The number of aromatic nitrogens is 1. The summed E-state index contributed by atoms with van der Waals surface area (Å²) in [6.45, 7) is 1.93. The van der Waals surface area contributed by atoms with E-state index in [-0.39, 0.29) is 5.91 Å². The van der Waals surface area contributed by atoms with Gasteiger partial charge in [-0.3, -0.25) is 4.79 Å². The van der Waals surface area contributed by atoms with E-state index in [1.54, 1.807) is 30.5 Å². The monoisotopic (exact) mass is 328 g/mol. The van der Waals surface area contributed by atoms with Crippen molar-refractivity contribution in [1.82, 2.24) is 4.98 Å². The SMILES string of the molecule is Cc1ccccc1NC(=O)c1ccc(Nc2ccccc2C#N)cn1. The van der Waals surface area contributed by atoms with Gasteiger partial charge in [-0.25, -0.2) is 4.98 Å². The molecular formula is C20H16N4O. The van der Waals surface area contributed by atoms with E-state index in [0.717, 1.165) is 11.3 Å². The van der Waals surface area contributed by atoms with Gasteiger partial charge in [0.05, 0.1) is 23.1 Å². The molecule has 0 bridgehead atoms. The minimum Gasteiger partial charge on any atom is -0.353 e. The predicted octanol–water partition coefficient (Wildman–Crippen LogP) is 4.26. The second-order valence-electron chi connectivity index (χ2n) is 5.48. The average molecular weight is 328 g/mol. The molecule has 0 radical (unpaired) electrons. The van der Waals surface area contributed by atoms with Crippen LogP contribution in [0.2, 0.25) is 0 Å². The number of aryl methyl sites for hydroxylation is 1. The first-order chi connectivity index (χ1) is 12.2. The molecule has 0 spiro atoms. The smallest absolute Gasteiger partial charge is 0.274 e. The third-order valence-corrected chi connectivity index (χ3v) is 3.72. The van der Waals surface area contributed by atoms with E-state index in [2.05, 4.69) is 21.7 Å². The number of carbonyl (C=O) groups is 1. The number of carbonyl (C=O) groups excluding carboxylic acids is 1. The quantitative estimate of drug-likeness (QED) is 0.750. The van der Waals surface area contributed by atoms with Gasteiger partial charge < -0.3 is 10.6 Å². The Labute approximate surface area is 146 Å². The van der Waals surface area contributed by atoms with Crippen molar-refractivity contribution in [2.45, 2.75) is 6.92 Å². The molecule has 0 aliphatic carbocycles. The van der Waals surface area contributed by atoms with Crippen LogP contribution >= 0.6 is 0 Å². The zero-order chi connectivity index (χ0) is 17.6. The van der Waals surface area contributed by atoms with Gasteiger partial charge in [-0.05, 0) is 42.8 Å². The van der Waals surface area contributed by atoms with Crippen LogP contribution in [0, 0.1) is 18.3 Å². The average Bonchev–Trinajstić information content (AvgIpc) is 2.64. The number of nitrogens with one attached hydrogen (secondary N) is 2. The van der Waals surface area contributed by atoms with Crippen molar-refractivity contribution in [2.24, 2.45) is 0 Å². The molecular weight excluding hydrogens is 312 g/mol. The first-order valence-corrected chi connectivity index (χ1v) is 7.76. The molecule has 0 aliphatic heterocycles. The second kappa shape index (κ2) is 7.28. The van der Waals surface area contributed by atoms with Crippen molar-refractivity contribution >= 4 is 23.0 Å². The fraction of sp³-hybridized carbons (Fsp3) is 0.0500. The second-order valence-corrected chi connectivity index (χ2v) is 5.48. The van der Waals surface area contributed by atoms with Crippen LogP contribution in [0.25, 0.3) is 0 Å². The number of hydrogen-bond donors (Lipinski definition) is 2. The fourth-order valence-electron chi connectivity index (χ4n) is 2.35. The molecule has 5 heteroatoms. The number of anilines is 3. The van der Waals surface area contributed by atoms with Crippen LogP contribution in [0.1, 0.15) is 21.6 Å². The van der Waals surface area contributed by atoms with Crippen LogP contribution in [0.5, 0.6) is 0 Å². The van der Waals surface area contributed by atoms with Gasteiger partial charge in [0.2, 0.25) is 0 Å². The van der Waals surface area contributed by atoms with Crippen molar-refractivity contribution in [1.29, 1.82) is 5.26 Å². The van der Waals surface area contributed by atoms with E-state index in [0.29, 0.717) is 22.6 Å². The number of amides is 1. The molecule has 3 rings (SSSR count). The third-order valence-electron chi connectivity index (χ3n) is 3.72. The summed E-state index contributed by atoms with van der Waals surface area (Å²) in [5.74, 6) is -0.265. The highest BCUT2D eigenvalue weighted by molar-refractivity contribution is 6.03. The topological polar surface area (TPSA) is 77.8 Å². The van der Waals surface area contributed by atoms with E-state index in [1.807, 2.05) is 43.3 Å². The minimum absolute atomic E-state index is 0.265. The normalized spacial score (nSPS) is 9.92. The van der Waals surface area contributed by atoms with Crippen molar-refractivity contribution in [3.63, 3.8) is 0 Å². The van der Waals surface area contributed by atoms with Gasteiger partial charge >= 0.3 is 0 Å². The summed E-state index contributed by atoms with van der Waals surface area (Å²) in [7, 11) is 0. The largest absolute Gasteiger partial charge is 0.353 e. The molecule has 2 aromatic carbocycles. The molecule has 1 heterocycles. The van der Waals surface area contributed by atoms with Crippen LogP contribution in [0.3, 0.4) is 0 Å². The molecule has 0 fully saturated rings. The molecule has 5 nitrogen and oxygen atoms in total. The summed E-state index contributed by atoms with van der Waals surface area (Å²) in [6.07, 6.45) is 1.57. The lowest BCUT2D eigenvalue weighted by Gasteiger charge is -2.09. The van der Waals surface area contributed by atoms with E-state index >= 15 is 0 Å². The number of pyridine rings is 1. The van der Waals surface area contributed by atoms with E-state index in [9.17, 15) is 4.79 Å². The Balaban J connectivity index is 1.73. The Bertz CT molecular complexity index is 942. The van der Waals surface area contributed by atoms with Crippen molar-refractivity contribution < 1.29 is 4.79 Å². The molecule has 0 saturated heterocycles. The van der Waals surface area contributed by atoms with Crippen LogP contribution in [-0.2, 0) is 0 Å². The van der Waals surface area contributed by atoms with E-state index in [4.69, 9.17) is 5.26 Å². The van der Waals surface area contributed by atoms with Gasteiger partial charge in [-0.1, -0.05) is 30.3 Å². The number of nitriles is 1. The van der Waals surface area contributed by atoms with Crippen molar-refractivity contribution in [3.8, 4) is 6.07 Å². The van der Waals surface area contributed by atoms with Gasteiger partial charge in [0.25, 0.3) is 5.91 Å². The molecule has 2 N–H and O–H groups in total. The number of hydrogen-bond acceptors (Lipinski definition) is 4. The Hall–Kier alpha value is -3.65. The number of para-hydroxylation sites is 2. The van der Waals surface area contributed by atoms with Gasteiger partial charge in [-0.15, -0.1) is 0 Å². The van der Waals surface area contributed by atoms with Gasteiger partial charge in [0, 0.05) is 5.69 Å². The fourth-order valence-corrected chi connectivity index (χ4v) is 2.35. The molecule has 1 amide bonds. The number of benzene rings is 2. The Morgan fingerprint density at radius 3 is 2.40 bits per heavy atom. The highest BCUT2D eigenvalue weighted by Crippen LogP contribution is 2.20. The lowest BCUT2D eigenvalue weighted by molar-refractivity contribution is 0.102. The Morgan fingerprint density at radius 2 is 1.72 bits per heavy atom. The third kappa shape index (κ3) is 3.82. The summed E-state index contributed by atoms with van der Waals surface area (Å²) >= 11 is 0. The highest BCUT2D eigenvalue weighted by atomic mass is 16.1. The molecule has 1 aromatic heterocycles. The molecule has 0 aliphatic rings. The number of nitrogens with zero attached hydrogens (tertiary/aromatic N) is 2. The summed E-state index contributed by atoms with van der Waals surface area (Å²) in [4.78, 5) is 16.5. The summed E-state index contributed by atoms with van der Waals surface area (Å²) < 4.78 is 0. The zero-order valence-electron chi connectivity index (χ0n) is 13.7. The lowest BCUT2D eigenvalue weighted by Crippen LogP contribution is -2.14. The molecule has 0 saturated carbocycles. The maximum Gasteiger partial charge on any atom is 0.274 e. The lowest BCUT2D eigenvalue weighted by atomic mass is 10.2. The van der Waals surface area contributed by atoms with Crippen molar-refractivity contribution in [3.05, 3.63) is 83.7 Å². The maximum atomic E-state index is 12.3. The minimum atomic E-state index is -0.265. The molecule has 3 aromatic rings. The summed E-state index contributed by atoms with van der Waals surface area (Å²) in [5.41, 5.74) is 4.02. The highest BCUT2D eigenvalue weighted by Gasteiger charge is 2.09. The van der Waals surface area contributed by atoms with E-state index < -0.39 is 0 Å². The zero-order valence-corrected chi connectivity index (χ0v) is 13.7. The van der Waals surface area contributed by atoms with Gasteiger partial charge in [0.1, 0.15) is 11.8 Å².